The van der Waals surface area contributed by atoms with Crippen LogP contribution >= 0.6 is 0 Å². The van der Waals surface area contributed by atoms with Gasteiger partial charge in [-0.05, 0) is 24.5 Å². The molecule has 0 saturated carbocycles. The number of amides is 1. The number of halogens is 3. The molecule has 0 spiro atoms. The Morgan fingerprint density at radius 1 is 1.38 bits per heavy atom. The number of rotatable bonds is 7. The number of hydrogen-bond acceptors (Lipinski definition) is 3. The summed E-state index contributed by atoms with van der Waals surface area (Å²) in [5, 5.41) is 2.43. The zero-order valence-electron chi connectivity index (χ0n) is 11.7. The molecule has 118 valence electrons. The average molecular weight is 304 g/mol. The van der Waals surface area contributed by atoms with Crippen LogP contribution in [0.3, 0.4) is 0 Å². The molecule has 0 aromatic heterocycles. The van der Waals surface area contributed by atoms with E-state index in [-0.39, 0.29) is 12.1 Å². The minimum Gasteiger partial charge on any atom is -0.385 e. The molecule has 0 aliphatic heterocycles. The molecule has 3 N–H and O–H groups in total. The van der Waals surface area contributed by atoms with Crippen molar-refractivity contribution in [1.29, 1.82) is 0 Å². The summed E-state index contributed by atoms with van der Waals surface area (Å²) in [4.78, 5) is 11.7. The number of ether oxygens (including phenoxy) is 1. The molecule has 0 radical (unpaired) electrons. The van der Waals surface area contributed by atoms with Crippen molar-refractivity contribution in [3.63, 3.8) is 0 Å². The van der Waals surface area contributed by atoms with Gasteiger partial charge in [-0.1, -0.05) is 18.2 Å². The summed E-state index contributed by atoms with van der Waals surface area (Å²) in [5.74, 6) is -0.469. The molecule has 0 aliphatic rings. The second kappa shape index (κ2) is 7.99. The van der Waals surface area contributed by atoms with Gasteiger partial charge in [0.15, 0.2) is 0 Å². The van der Waals surface area contributed by atoms with Crippen molar-refractivity contribution in [2.24, 2.45) is 5.73 Å². The summed E-state index contributed by atoms with van der Waals surface area (Å²) in [6.07, 6.45) is -3.41. The smallest absolute Gasteiger partial charge is 0.385 e. The summed E-state index contributed by atoms with van der Waals surface area (Å²) in [6, 6.07) is 4.37. The van der Waals surface area contributed by atoms with E-state index in [0.29, 0.717) is 19.4 Å². The first-order valence-electron chi connectivity index (χ1n) is 6.53. The van der Waals surface area contributed by atoms with Crippen LogP contribution in [0, 0.1) is 0 Å². The highest BCUT2D eigenvalue weighted by Crippen LogP contribution is 2.31. The van der Waals surface area contributed by atoms with Crippen LogP contribution in [0.5, 0.6) is 0 Å². The molecule has 1 amide bonds. The normalized spacial score (nSPS) is 13.0. The van der Waals surface area contributed by atoms with Crippen molar-refractivity contribution in [2.75, 3.05) is 13.7 Å². The Bertz CT molecular complexity index is 464. The van der Waals surface area contributed by atoms with E-state index in [0.717, 1.165) is 6.07 Å². The predicted octanol–water partition coefficient (Wildman–Crippen LogP) is 2.08. The average Bonchev–Trinajstić information content (AvgIpc) is 2.44. The van der Waals surface area contributed by atoms with E-state index < -0.39 is 23.7 Å². The van der Waals surface area contributed by atoms with Crippen LogP contribution in [0.1, 0.15) is 24.0 Å². The van der Waals surface area contributed by atoms with Gasteiger partial charge in [-0.2, -0.15) is 13.2 Å². The molecular formula is C14H19F3N2O2. The summed E-state index contributed by atoms with van der Waals surface area (Å²) in [6.45, 7) is 0.282. The van der Waals surface area contributed by atoms with E-state index in [1.54, 1.807) is 7.11 Å². The molecule has 1 unspecified atom stereocenters. The highest BCUT2D eigenvalue weighted by molar-refractivity contribution is 5.81. The summed E-state index contributed by atoms with van der Waals surface area (Å²) in [5.41, 5.74) is 4.92. The van der Waals surface area contributed by atoms with Crippen molar-refractivity contribution in [3.8, 4) is 0 Å². The fourth-order valence-corrected chi connectivity index (χ4v) is 1.84. The number of hydrogen-bond donors (Lipinski definition) is 2. The van der Waals surface area contributed by atoms with Gasteiger partial charge in [-0.3, -0.25) is 4.79 Å². The molecule has 1 rings (SSSR count). The van der Waals surface area contributed by atoms with Crippen molar-refractivity contribution < 1.29 is 22.7 Å². The van der Waals surface area contributed by atoms with Gasteiger partial charge >= 0.3 is 6.18 Å². The number of nitrogens with two attached hydrogens (primary N) is 1. The fourth-order valence-electron chi connectivity index (χ4n) is 1.84. The maximum absolute atomic E-state index is 12.8. The van der Waals surface area contributed by atoms with Gasteiger partial charge in [0.25, 0.3) is 0 Å². The first-order chi connectivity index (χ1) is 9.86. The van der Waals surface area contributed by atoms with Gasteiger partial charge in [-0.25, -0.2) is 0 Å². The molecule has 7 heteroatoms. The number of carbonyl (C=O) groups is 1. The minimum absolute atomic E-state index is 0.0161. The largest absolute Gasteiger partial charge is 0.416 e. The number of methoxy groups -OCH3 is 1. The number of benzene rings is 1. The standard InChI is InChI=1S/C14H19F3N2O2/c1-21-8-4-7-12(18)13(20)19-9-10-5-2-3-6-11(10)14(15,16)17/h2-3,5-6,12H,4,7-9,18H2,1H3,(H,19,20). The Morgan fingerprint density at radius 2 is 2.05 bits per heavy atom. The van der Waals surface area contributed by atoms with Crippen LogP contribution in [-0.4, -0.2) is 25.7 Å². The Morgan fingerprint density at radius 3 is 2.67 bits per heavy atom. The SMILES string of the molecule is COCCCC(N)C(=O)NCc1ccccc1C(F)(F)F. The Hall–Kier alpha value is -1.60. The third-order valence-electron chi connectivity index (χ3n) is 2.98. The molecule has 1 aromatic rings. The molecule has 1 atom stereocenters. The number of carbonyl (C=O) groups excluding carboxylic acids is 1. The summed E-state index contributed by atoms with van der Waals surface area (Å²) in [7, 11) is 1.54. The lowest BCUT2D eigenvalue weighted by Crippen LogP contribution is -2.40. The molecule has 0 fully saturated rings. The van der Waals surface area contributed by atoms with Crippen molar-refractivity contribution in [2.45, 2.75) is 31.6 Å². The van der Waals surface area contributed by atoms with Gasteiger partial charge < -0.3 is 15.8 Å². The van der Waals surface area contributed by atoms with Crippen LogP contribution in [-0.2, 0) is 22.3 Å². The lowest BCUT2D eigenvalue weighted by molar-refractivity contribution is -0.138. The van der Waals surface area contributed by atoms with Crippen LogP contribution in [0.2, 0.25) is 0 Å². The van der Waals surface area contributed by atoms with Crippen LogP contribution in [0.4, 0.5) is 13.2 Å². The van der Waals surface area contributed by atoms with Crippen molar-refractivity contribution in [1.82, 2.24) is 5.32 Å². The monoisotopic (exact) mass is 304 g/mol. The Labute approximate surface area is 121 Å². The second-order valence-electron chi connectivity index (χ2n) is 4.61. The van der Waals surface area contributed by atoms with E-state index in [1.165, 1.54) is 18.2 Å². The van der Waals surface area contributed by atoms with Crippen molar-refractivity contribution in [3.05, 3.63) is 35.4 Å². The van der Waals surface area contributed by atoms with Gasteiger partial charge in [0.1, 0.15) is 0 Å². The van der Waals surface area contributed by atoms with Crippen LogP contribution in [0.15, 0.2) is 24.3 Å². The van der Waals surface area contributed by atoms with Gasteiger partial charge in [0, 0.05) is 20.3 Å². The molecule has 0 aliphatic carbocycles. The molecule has 4 nitrogen and oxygen atoms in total. The quantitative estimate of drug-likeness (QED) is 0.758. The van der Waals surface area contributed by atoms with E-state index in [9.17, 15) is 18.0 Å². The highest BCUT2D eigenvalue weighted by Gasteiger charge is 2.32. The maximum atomic E-state index is 12.8. The van der Waals surface area contributed by atoms with E-state index in [1.807, 2.05) is 0 Å². The van der Waals surface area contributed by atoms with Gasteiger partial charge in [0.2, 0.25) is 5.91 Å². The Balaban J connectivity index is 2.57. The lowest BCUT2D eigenvalue weighted by atomic mass is 10.1. The van der Waals surface area contributed by atoms with E-state index >= 15 is 0 Å². The molecular weight excluding hydrogens is 285 g/mol. The molecule has 0 saturated heterocycles. The third kappa shape index (κ3) is 5.73. The molecule has 0 bridgehead atoms. The zero-order chi connectivity index (χ0) is 15.9. The number of nitrogens with one attached hydrogen (secondary N) is 1. The predicted molar refractivity (Wildman–Crippen MR) is 72.4 cm³/mol. The lowest BCUT2D eigenvalue weighted by Gasteiger charge is -2.15. The minimum atomic E-state index is -4.44. The fraction of sp³-hybridized carbons (Fsp3) is 0.500. The first-order valence-corrected chi connectivity index (χ1v) is 6.53. The molecule has 1 aromatic carbocycles. The third-order valence-corrected chi connectivity index (χ3v) is 2.98. The van der Waals surface area contributed by atoms with E-state index in [2.05, 4.69) is 5.32 Å². The Kier molecular flexibility index (Phi) is 6.64. The summed E-state index contributed by atoms with van der Waals surface area (Å²) >= 11 is 0. The second-order valence-corrected chi connectivity index (χ2v) is 4.61. The van der Waals surface area contributed by atoms with Crippen LogP contribution in [0.25, 0.3) is 0 Å². The number of alkyl halides is 3. The topological polar surface area (TPSA) is 64.3 Å². The van der Waals surface area contributed by atoms with Gasteiger partial charge in [-0.15, -0.1) is 0 Å². The van der Waals surface area contributed by atoms with Crippen LogP contribution < -0.4 is 11.1 Å². The molecule has 21 heavy (non-hydrogen) atoms. The zero-order valence-corrected chi connectivity index (χ0v) is 11.7. The highest BCUT2D eigenvalue weighted by atomic mass is 19.4. The van der Waals surface area contributed by atoms with Gasteiger partial charge in [0.05, 0.1) is 11.6 Å². The summed E-state index contributed by atoms with van der Waals surface area (Å²) < 4.78 is 43.2. The molecule has 0 heterocycles. The first kappa shape index (κ1) is 17.5. The van der Waals surface area contributed by atoms with Crippen molar-refractivity contribution >= 4 is 5.91 Å². The maximum Gasteiger partial charge on any atom is 0.416 e. The van der Waals surface area contributed by atoms with E-state index in [4.69, 9.17) is 10.5 Å².